The predicted octanol–water partition coefficient (Wildman–Crippen LogP) is 1.39. The highest BCUT2D eigenvalue weighted by Crippen LogP contribution is 2.21. The Morgan fingerprint density at radius 1 is 1.46 bits per heavy atom. The first-order valence-electron chi connectivity index (χ1n) is 4.13. The van der Waals surface area contributed by atoms with Crippen molar-refractivity contribution in [2.75, 3.05) is 22.8 Å². The van der Waals surface area contributed by atoms with Crippen molar-refractivity contribution in [1.82, 2.24) is 0 Å². The Bertz CT molecular complexity index is 314. The Kier molecular flexibility index (Phi) is 3.31. The molecule has 0 aromatic heterocycles. The summed E-state index contributed by atoms with van der Waals surface area (Å²) in [5, 5.41) is 0. The Hall–Kier alpha value is -1.03. The standard InChI is InChI=1S/C9H14N2OS/c1-3-13(12)11(2)9-7-5-4-6-8(9)10/h4-7H,3,10H2,1-2H3. The van der Waals surface area contributed by atoms with Crippen molar-refractivity contribution in [3.05, 3.63) is 24.3 Å². The molecule has 0 fully saturated rings. The van der Waals surface area contributed by atoms with Gasteiger partial charge < -0.3 is 5.73 Å². The molecular weight excluding hydrogens is 184 g/mol. The van der Waals surface area contributed by atoms with Gasteiger partial charge in [0.1, 0.15) is 11.0 Å². The summed E-state index contributed by atoms with van der Waals surface area (Å²) in [4.78, 5) is 0. The molecule has 0 spiro atoms. The van der Waals surface area contributed by atoms with E-state index in [1.54, 1.807) is 17.4 Å². The Labute approximate surface area is 81.1 Å². The van der Waals surface area contributed by atoms with Crippen molar-refractivity contribution in [3.8, 4) is 0 Å². The zero-order valence-electron chi connectivity index (χ0n) is 7.86. The average molecular weight is 198 g/mol. The summed E-state index contributed by atoms with van der Waals surface area (Å²) >= 11 is 0. The quantitative estimate of drug-likeness (QED) is 0.746. The first-order chi connectivity index (χ1) is 6.16. The van der Waals surface area contributed by atoms with Crippen molar-refractivity contribution < 1.29 is 4.21 Å². The number of nitrogens with zero attached hydrogens (tertiary/aromatic N) is 1. The highest BCUT2D eigenvalue weighted by atomic mass is 32.2. The number of hydrogen-bond acceptors (Lipinski definition) is 2. The smallest absolute Gasteiger partial charge is 0.119 e. The fourth-order valence-corrected chi connectivity index (χ4v) is 1.85. The molecule has 0 aliphatic heterocycles. The van der Waals surface area contributed by atoms with Crippen LogP contribution in [0.1, 0.15) is 6.92 Å². The van der Waals surface area contributed by atoms with Crippen LogP contribution in [-0.2, 0) is 11.0 Å². The molecule has 1 aromatic rings. The second-order valence-electron chi connectivity index (χ2n) is 2.67. The van der Waals surface area contributed by atoms with Crippen LogP contribution in [0.25, 0.3) is 0 Å². The number of para-hydroxylation sites is 2. The normalized spacial score (nSPS) is 12.5. The van der Waals surface area contributed by atoms with E-state index in [-0.39, 0.29) is 0 Å². The predicted molar refractivity (Wildman–Crippen MR) is 57.9 cm³/mol. The molecule has 0 radical (unpaired) electrons. The van der Waals surface area contributed by atoms with Crippen LogP contribution in [0, 0.1) is 0 Å². The molecule has 0 bridgehead atoms. The summed E-state index contributed by atoms with van der Waals surface area (Å²) < 4.78 is 13.1. The van der Waals surface area contributed by atoms with Crippen molar-refractivity contribution in [2.24, 2.45) is 0 Å². The lowest BCUT2D eigenvalue weighted by molar-refractivity contribution is 0.682. The van der Waals surface area contributed by atoms with E-state index >= 15 is 0 Å². The second-order valence-corrected chi connectivity index (χ2v) is 4.43. The minimum absolute atomic E-state index is 0.602. The van der Waals surface area contributed by atoms with Crippen LogP contribution in [0.4, 0.5) is 11.4 Å². The minimum Gasteiger partial charge on any atom is -0.397 e. The molecule has 0 aliphatic carbocycles. The maximum Gasteiger partial charge on any atom is 0.119 e. The molecule has 0 heterocycles. The lowest BCUT2D eigenvalue weighted by Crippen LogP contribution is -2.22. The van der Waals surface area contributed by atoms with Gasteiger partial charge in [0.25, 0.3) is 0 Å². The van der Waals surface area contributed by atoms with Crippen molar-refractivity contribution in [2.45, 2.75) is 6.92 Å². The Morgan fingerprint density at radius 3 is 2.62 bits per heavy atom. The van der Waals surface area contributed by atoms with E-state index in [2.05, 4.69) is 0 Å². The molecule has 1 unspecified atom stereocenters. The molecule has 0 saturated carbocycles. The third-order valence-corrected chi connectivity index (χ3v) is 3.13. The molecule has 0 amide bonds. The number of nitrogens with two attached hydrogens (primary N) is 1. The van der Waals surface area contributed by atoms with Gasteiger partial charge in [-0.05, 0) is 12.1 Å². The molecule has 13 heavy (non-hydrogen) atoms. The molecule has 1 rings (SSSR count). The molecule has 1 aromatic carbocycles. The van der Waals surface area contributed by atoms with Gasteiger partial charge in [-0.1, -0.05) is 19.1 Å². The highest BCUT2D eigenvalue weighted by Gasteiger charge is 2.08. The molecular formula is C9H14N2OS. The van der Waals surface area contributed by atoms with Gasteiger partial charge in [0.05, 0.1) is 11.4 Å². The van der Waals surface area contributed by atoms with Crippen LogP contribution in [0.2, 0.25) is 0 Å². The van der Waals surface area contributed by atoms with Gasteiger partial charge in [-0.3, -0.25) is 4.31 Å². The molecule has 72 valence electrons. The van der Waals surface area contributed by atoms with Crippen molar-refractivity contribution in [1.29, 1.82) is 0 Å². The molecule has 2 N–H and O–H groups in total. The molecule has 4 heteroatoms. The van der Waals surface area contributed by atoms with Gasteiger partial charge in [0, 0.05) is 12.8 Å². The maximum absolute atomic E-state index is 11.4. The van der Waals surface area contributed by atoms with E-state index in [9.17, 15) is 4.21 Å². The number of rotatable bonds is 3. The van der Waals surface area contributed by atoms with E-state index in [1.165, 1.54) is 0 Å². The number of benzene rings is 1. The summed E-state index contributed by atoms with van der Waals surface area (Å²) in [7, 11) is 0.803. The zero-order valence-corrected chi connectivity index (χ0v) is 8.67. The van der Waals surface area contributed by atoms with Crippen LogP contribution in [0.5, 0.6) is 0 Å². The minimum atomic E-state index is -0.980. The van der Waals surface area contributed by atoms with Crippen LogP contribution in [-0.4, -0.2) is 17.0 Å². The summed E-state index contributed by atoms with van der Waals surface area (Å²) in [6, 6.07) is 7.41. The fourth-order valence-electron chi connectivity index (χ4n) is 1.08. The van der Waals surface area contributed by atoms with Gasteiger partial charge >= 0.3 is 0 Å². The van der Waals surface area contributed by atoms with E-state index in [1.807, 2.05) is 25.1 Å². The van der Waals surface area contributed by atoms with Gasteiger partial charge in [0.15, 0.2) is 0 Å². The third-order valence-electron chi connectivity index (χ3n) is 1.83. The third kappa shape index (κ3) is 2.21. The lowest BCUT2D eigenvalue weighted by Gasteiger charge is -2.18. The molecule has 3 nitrogen and oxygen atoms in total. The second kappa shape index (κ2) is 4.28. The topological polar surface area (TPSA) is 46.3 Å². The maximum atomic E-state index is 11.4. The van der Waals surface area contributed by atoms with Gasteiger partial charge in [-0.2, -0.15) is 0 Å². The first-order valence-corrected chi connectivity index (χ1v) is 5.41. The SMILES string of the molecule is CCS(=O)N(C)c1ccccc1N. The van der Waals surface area contributed by atoms with Crippen molar-refractivity contribution >= 4 is 22.4 Å². The van der Waals surface area contributed by atoms with Crippen LogP contribution in [0.15, 0.2) is 24.3 Å². The monoisotopic (exact) mass is 198 g/mol. The fraction of sp³-hybridized carbons (Fsp3) is 0.333. The summed E-state index contributed by atoms with van der Waals surface area (Å²) in [5.41, 5.74) is 7.22. The summed E-state index contributed by atoms with van der Waals surface area (Å²) in [6.45, 7) is 1.88. The first kappa shape index (κ1) is 10.1. The molecule has 0 aliphatic rings. The number of nitrogen functional groups attached to an aromatic ring is 1. The number of anilines is 2. The van der Waals surface area contributed by atoms with E-state index in [4.69, 9.17) is 5.73 Å². The molecule has 0 saturated heterocycles. The zero-order chi connectivity index (χ0) is 9.84. The lowest BCUT2D eigenvalue weighted by atomic mass is 10.3. The number of hydrogen-bond donors (Lipinski definition) is 1. The summed E-state index contributed by atoms with van der Waals surface area (Å²) in [5.74, 6) is 0.602. The van der Waals surface area contributed by atoms with Crippen LogP contribution in [0.3, 0.4) is 0 Å². The largest absolute Gasteiger partial charge is 0.397 e. The van der Waals surface area contributed by atoms with Gasteiger partial charge in [-0.25, -0.2) is 4.21 Å². The van der Waals surface area contributed by atoms with Crippen LogP contribution < -0.4 is 10.0 Å². The van der Waals surface area contributed by atoms with Crippen LogP contribution >= 0.6 is 0 Å². The van der Waals surface area contributed by atoms with E-state index < -0.39 is 11.0 Å². The molecule has 1 atom stereocenters. The van der Waals surface area contributed by atoms with Crippen molar-refractivity contribution in [3.63, 3.8) is 0 Å². The Morgan fingerprint density at radius 2 is 2.08 bits per heavy atom. The van der Waals surface area contributed by atoms with Gasteiger partial charge in [0.2, 0.25) is 0 Å². The Balaban J connectivity index is 2.95. The van der Waals surface area contributed by atoms with Gasteiger partial charge in [-0.15, -0.1) is 0 Å². The summed E-state index contributed by atoms with van der Waals surface area (Å²) in [6.07, 6.45) is 0. The van der Waals surface area contributed by atoms with E-state index in [0.29, 0.717) is 11.4 Å². The highest BCUT2D eigenvalue weighted by molar-refractivity contribution is 7.86. The van der Waals surface area contributed by atoms with E-state index in [0.717, 1.165) is 5.69 Å². The average Bonchev–Trinajstić information content (AvgIpc) is 2.16.